The Balaban J connectivity index is 1.93. The molecular formula is C25H23NO3. The zero-order chi connectivity index (χ0) is 20.4. The number of ether oxygens (including phenoxy) is 3. The van der Waals surface area contributed by atoms with Gasteiger partial charge < -0.3 is 14.2 Å². The van der Waals surface area contributed by atoms with Crippen LogP contribution in [0.25, 0.3) is 33.3 Å². The van der Waals surface area contributed by atoms with Gasteiger partial charge in [-0.2, -0.15) is 0 Å². The molecule has 0 spiro atoms. The van der Waals surface area contributed by atoms with Gasteiger partial charge in [0.1, 0.15) is 5.75 Å². The molecule has 4 nitrogen and oxygen atoms in total. The average Bonchev–Trinajstić information content (AvgIpc) is 2.77. The molecule has 0 atom stereocenters. The third-order valence-electron chi connectivity index (χ3n) is 5.10. The number of methoxy groups -OCH3 is 3. The van der Waals surface area contributed by atoms with Crippen LogP contribution in [0, 0.1) is 6.92 Å². The lowest BCUT2D eigenvalue weighted by atomic mass is 9.97. The Hall–Kier alpha value is -3.53. The van der Waals surface area contributed by atoms with E-state index < -0.39 is 0 Å². The van der Waals surface area contributed by atoms with Crippen molar-refractivity contribution in [1.29, 1.82) is 0 Å². The van der Waals surface area contributed by atoms with E-state index in [4.69, 9.17) is 19.2 Å². The average molecular weight is 385 g/mol. The summed E-state index contributed by atoms with van der Waals surface area (Å²) in [6.07, 6.45) is 0. The zero-order valence-electron chi connectivity index (χ0n) is 17.0. The number of hydrogen-bond donors (Lipinski definition) is 0. The summed E-state index contributed by atoms with van der Waals surface area (Å²) in [5, 5.41) is 1.11. The Labute approximate surface area is 170 Å². The fourth-order valence-corrected chi connectivity index (χ4v) is 3.60. The van der Waals surface area contributed by atoms with Gasteiger partial charge in [-0.15, -0.1) is 0 Å². The van der Waals surface area contributed by atoms with E-state index in [-0.39, 0.29) is 0 Å². The highest BCUT2D eigenvalue weighted by molar-refractivity contribution is 5.97. The van der Waals surface area contributed by atoms with E-state index in [9.17, 15) is 0 Å². The lowest BCUT2D eigenvalue weighted by molar-refractivity contribution is 0.355. The van der Waals surface area contributed by atoms with Gasteiger partial charge in [0.2, 0.25) is 0 Å². The van der Waals surface area contributed by atoms with Gasteiger partial charge in [0.15, 0.2) is 11.5 Å². The van der Waals surface area contributed by atoms with Crippen molar-refractivity contribution < 1.29 is 14.2 Å². The Bertz CT molecular complexity index is 1180. The number of aromatic nitrogens is 1. The van der Waals surface area contributed by atoms with Crippen LogP contribution in [0.3, 0.4) is 0 Å². The molecule has 4 heteroatoms. The highest BCUT2D eigenvalue weighted by Crippen LogP contribution is 2.36. The van der Waals surface area contributed by atoms with Crippen LogP contribution in [0.2, 0.25) is 0 Å². The molecule has 146 valence electrons. The Morgan fingerprint density at radius 1 is 0.655 bits per heavy atom. The minimum atomic E-state index is 0.682. The second kappa shape index (κ2) is 7.84. The van der Waals surface area contributed by atoms with Crippen molar-refractivity contribution in [3.8, 4) is 39.6 Å². The van der Waals surface area contributed by atoms with Crippen molar-refractivity contribution in [3.05, 3.63) is 72.3 Å². The van der Waals surface area contributed by atoms with Gasteiger partial charge in [-0.3, -0.25) is 0 Å². The summed E-state index contributed by atoms with van der Waals surface area (Å²) < 4.78 is 16.3. The molecule has 0 unspecified atom stereocenters. The third kappa shape index (κ3) is 3.49. The molecule has 4 aromatic rings. The van der Waals surface area contributed by atoms with Crippen LogP contribution in [0.1, 0.15) is 5.56 Å². The summed E-state index contributed by atoms with van der Waals surface area (Å²) in [5.74, 6) is 2.26. The van der Waals surface area contributed by atoms with Gasteiger partial charge in [0, 0.05) is 10.9 Å². The van der Waals surface area contributed by atoms with Gasteiger partial charge >= 0.3 is 0 Å². The maximum Gasteiger partial charge on any atom is 0.161 e. The summed E-state index contributed by atoms with van der Waals surface area (Å²) >= 11 is 0. The van der Waals surface area contributed by atoms with Crippen LogP contribution < -0.4 is 14.2 Å². The molecule has 0 aliphatic carbocycles. The van der Waals surface area contributed by atoms with Crippen LogP contribution in [-0.2, 0) is 0 Å². The Morgan fingerprint density at radius 2 is 1.34 bits per heavy atom. The number of pyridine rings is 1. The van der Waals surface area contributed by atoms with Crippen LogP contribution in [-0.4, -0.2) is 26.3 Å². The number of benzene rings is 3. The molecule has 0 saturated heterocycles. The summed E-state index contributed by atoms with van der Waals surface area (Å²) in [6.45, 7) is 2.06. The van der Waals surface area contributed by atoms with Gasteiger partial charge in [0.25, 0.3) is 0 Å². The lowest BCUT2D eigenvalue weighted by Crippen LogP contribution is -1.94. The first-order chi connectivity index (χ1) is 14.1. The Kier molecular flexibility index (Phi) is 5.09. The van der Waals surface area contributed by atoms with E-state index in [1.807, 2.05) is 42.5 Å². The minimum absolute atomic E-state index is 0.682. The molecule has 4 rings (SSSR count). The zero-order valence-corrected chi connectivity index (χ0v) is 17.0. The number of aryl methyl sites for hydroxylation is 1. The van der Waals surface area contributed by atoms with Crippen molar-refractivity contribution in [2.75, 3.05) is 21.3 Å². The number of para-hydroxylation sites is 1. The van der Waals surface area contributed by atoms with Crippen molar-refractivity contribution >= 4 is 10.9 Å². The predicted octanol–water partition coefficient (Wildman–Crippen LogP) is 5.90. The lowest BCUT2D eigenvalue weighted by Gasteiger charge is -2.13. The molecule has 0 bridgehead atoms. The predicted molar refractivity (Wildman–Crippen MR) is 117 cm³/mol. The third-order valence-corrected chi connectivity index (χ3v) is 5.10. The number of fused-ring (bicyclic) bond motifs is 1. The normalized spacial score (nSPS) is 10.8. The van der Waals surface area contributed by atoms with Gasteiger partial charge in [-0.05, 0) is 66.1 Å². The van der Waals surface area contributed by atoms with E-state index in [1.165, 1.54) is 0 Å². The SMILES string of the molecule is COc1ccc(-c2cc(-c3ccc(OC)c(OC)c3)nc3ccccc23)cc1C. The summed E-state index contributed by atoms with van der Waals surface area (Å²) in [5.41, 5.74) is 6.16. The maximum atomic E-state index is 5.48. The molecule has 0 amide bonds. The number of nitrogens with zero attached hydrogens (tertiary/aromatic N) is 1. The number of rotatable bonds is 5. The van der Waals surface area contributed by atoms with Crippen molar-refractivity contribution in [1.82, 2.24) is 4.98 Å². The first kappa shape index (κ1) is 18.8. The maximum absolute atomic E-state index is 5.48. The van der Waals surface area contributed by atoms with Gasteiger partial charge in [-0.1, -0.05) is 24.3 Å². The smallest absolute Gasteiger partial charge is 0.161 e. The highest BCUT2D eigenvalue weighted by Gasteiger charge is 2.13. The topological polar surface area (TPSA) is 40.6 Å². The first-order valence-electron chi connectivity index (χ1n) is 9.42. The monoisotopic (exact) mass is 385 g/mol. The molecule has 29 heavy (non-hydrogen) atoms. The van der Waals surface area contributed by atoms with Gasteiger partial charge in [0.05, 0.1) is 32.5 Å². The summed E-state index contributed by atoms with van der Waals surface area (Å²) in [6, 6.07) is 22.4. The molecule has 0 radical (unpaired) electrons. The molecule has 0 aliphatic rings. The second-order valence-electron chi connectivity index (χ2n) is 6.83. The van der Waals surface area contributed by atoms with E-state index in [2.05, 4.69) is 31.2 Å². The minimum Gasteiger partial charge on any atom is -0.496 e. The molecule has 0 aliphatic heterocycles. The molecule has 0 saturated carbocycles. The standard InChI is InChI=1S/C25H23NO3/c1-16-13-17(9-11-23(16)27-2)20-15-22(26-21-8-6-5-7-19(20)21)18-10-12-24(28-3)25(14-18)29-4/h5-15H,1-4H3. The summed E-state index contributed by atoms with van der Waals surface area (Å²) in [7, 11) is 4.97. The second-order valence-corrected chi connectivity index (χ2v) is 6.83. The Morgan fingerprint density at radius 3 is 2.07 bits per heavy atom. The highest BCUT2D eigenvalue weighted by atomic mass is 16.5. The summed E-state index contributed by atoms with van der Waals surface area (Å²) in [4.78, 5) is 4.90. The molecule has 0 N–H and O–H groups in total. The van der Waals surface area contributed by atoms with E-state index in [1.54, 1.807) is 21.3 Å². The fraction of sp³-hybridized carbons (Fsp3) is 0.160. The van der Waals surface area contributed by atoms with Crippen molar-refractivity contribution in [3.63, 3.8) is 0 Å². The van der Waals surface area contributed by atoms with Crippen LogP contribution in [0.15, 0.2) is 66.7 Å². The van der Waals surface area contributed by atoms with Gasteiger partial charge in [-0.25, -0.2) is 4.98 Å². The van der Waals surface area contributed by atoms with E-state index in [0.29, 0.717) is 11.5 Å². The first-order valence-corrected chi connectivity index (χ1v) is 9.42. The van der Waals surface area contributed by atoms with Crippen LogP contribution >= 0.6 is 0 Å². The number of hydrogen-bond acceptors (Lipinski definition) is 4. The van der Waals surface area contributed by atoms with E-state index >= 15 is 0 Å². The largest absolute Gasteiger partial charge is 0.496 e. The molecular weight excluding hydrogens is 362 g/mol. The fourth-order valence-electron chi connectivity index (χ4n) is 3.60. The van der Waals surface area contributed by atoms with Crippen molar-refractivity contribution in [2.24, 2.45) is 0 Å². The van der Waals surface area contributed by atoms with E-state index in [0.717, 1.165) is 44.6 Å². The molecule has 1 heterocycles. The molecule has 0 fully saturated rings. The van der Waals surface area contributed by atoms with Crippen molar-refractivity contribution in [2.45, 2.75) is 6.92 Å². The molecule has 3 aromatic carbocycles. The van der Waals surface area contributed by atoms with Crippen LogP contribution in [0.5, 0.6) is 17.2 Å². The molecule has 1 aromatic heterocycles. The quantitative estimate of drug-likeness (QED) is 0.429. The van der Waals surface area contributed by atoms with Crippen LogP contribution in [0.4, 0.5) is 0 Å².